The van der Waals surface area contributed by atoms with Gasteiger partial charge in [0, 0.05) is 13.1 Å². The summed E-state index contributed by atoms with van der Waals surface area (Å²) in [5.41, 5.74) is 4.89. The smallest absolute Gasteiger partial charge is 0.407 e. The van der Waals surface area contributed by atoms with Crippen LogP contribution in [-0.2, 0) is 14.3 Å². The van der Waals surface area contributed by atoms with Crippen molar-refractivity contribution < 1.29 is 19.1 Å². The fourth-order valence-electron chi connectivity index (χ4n) is 2.71. The molecule has 0 aromatic rings. The lowest BCUT2D eigenvalue weighted by Gasteiger charge is -2.27. The van der Waals surface area contributed by atoms with E-state index >= 15 is 0 Å². The van der Waals surface area contributed by atoms with Gasteiger partial charge in [-0.3, -0.25) is 4.79 Å². The van der Waals surface area contributed by atoms with Crippen LogP contribution < -0.4 is 11.1 Å². The minimum atomic E-state index is -0.638. The van der Waals surface area contributed by atoms with Crippen LogP contribution >= 0.6 is 0 Å². The zero-order valence-electron chi connectivity index (χ0n) is 14.7. The first-order valence-electron chi connectivity index (χ1n) is 8.71. The van der Waals surface area contributed by atoms with Gasteiger partial charge in [0.25, 0.3) is 0 Å². The Morgan fingerprint density at radius 3 is 2.43 bits per heavy atom. The standard InChI is InChI=1S/C17H32N2O4/c1-4-11-22-15(20)14-7-5-13(6-8-14)9-10-19-16(21)23-17(2,3)12-18/h13-14H,4-12,18H2,1-3H3,(H,19,21)/t13-,14-. The zero-order chi connectivity index (χ0) is 17.3. The second kappa shape index (κ2) is 9.75. The molecule has 23 heavy (non-hydrogen) atoms. The zero-order valence-corrected chi connectivity index (χ0v) is 14.7. The molecule has 6 heteroatoms. The fraction of sp³-hybridized carbons (Fsp3) is 0.882. The molecule has 6 nitrogen and oxygen atoms in total. The molecule has 0 aliphatic heterocycles. The second-order valence-electron chi connectivity index (χ2n) is 6.95. The molecule has 1 aliphatic rings. The van der Waals surface area contributed by atoms with Gasteiger partial charge >= 0.3 is 12.1 Å². The molecular formula is C17H32N2O4. The lowest BCUT2D eigenvalue weighted by molar-refractivity contribution is -0.150. The van der Waals surface area contributed by atoms with Crippen molar-refractivity contribution in [3.63, 3.8) is 0 Å². The molecule has 1 amide bonds. The van der Waals surface area contributed by atoms with E-state index in [-0.39, 0.29) is 11.9 Å². The van der Waals surface area contributed by atoms with Crippen molar-refractivity contribution in [3.05, 3.63) is 0 Å². The van der Waals surface area contributed by atoms with Crippen LogP contribution in [0.2, 0.25) is 0 Å². The van der Waals surface area contributed by atoms with Crippen LogP contribution in [-0.4, -0.2) is 37.4 Å². The van der Waals surface area contributed by atoms with Crippen molar-refractivity contribution in [2.45, 2.75) is 64.9 Å². The molecule has 0 radical (unpaired) electrons. The largest absolute Gasteiger partial charge is 0.465 e. The van der Waals surface area contributed by atoms with Gasteiger partial charge in [0.1, 0.15) is 5.60 Å². The average Bonchev–Trinajstić information content (AvgIpc) is 2.52. The van der Waals surface area contributed by atoms with E-state index in [4.69, 9.17) is 15.2 Å². The van der Waals surface area contributed by atoms with Gasteiger partial charge in [-0.25, -0.2) is 4.79 Å². The summed E-state index contributed by atoms with van der Waals surface area (Å²) < 4.78 is 10.4. The number of nitrogens with two attached hydrogens (primary N) is 1. The number of hydrogen-bond acceptors (Lipinski definition) is 5. The number of rotatable bonds is 8. The van der Waals surface area contributed by atoms with Crippen LogP contribution in [0.3, 0.4) is 0 Å². The molecule has 0 bridgehead atoms. The van der Waals surface area contributed by atoms with Crippen LogP contribution in [0, 0.1) is 11.8 Å². The lowest BCUT2D eigenvalue weighted by atomic mass is 9.80. The lowest BCUT2D eigenvalue weighted by Crippen LogP contribution is -2.40. The van der Waals surface area contributed by atoms with Crippen molar-refractivity contribution >= 4 is 12.1 Å². The summed E-state index contributed by atoms with van der Waals surface area (Å²) in [5, 5.41) is 2.77. The predicted octanol–water partition coefficient (Wildman–Crippen LogP) is 2.60. The molecule has 1 aliphatic carbocycles. The maximum atomic E-state index is 11.8. The Hall–Kier alpha value is -1.30. The Morgan fingerprint density at radius 2 is 1.87 bits per heavy atom. The number of amides is 1. The maximum absolute atomic E-state index is 11.8. The summed E-state index contributed by atoms with van der Waals surface area (Å²) in [5.74, 6) is 0.560. The second-order valence-corrected chi connectivity index (χ2v) is 6.95. The number of carbonyl (C=O) groups excluding carboxylic acids is 2. The number of esters is 1. The van der Waals surface area contributed by atoms with Crippen molar-refractivity contribution in [1.29, 1.82) is 0 Å². The van der Waals surface area contributed by atoms with E-state index in [0.29, 0.717) is 25.6 Å². The minimum Gasteiger partial charge on any atom is -0.465 e. The van der Waals surface area contributed by atoms with Gasteiger partial charge in [0.15, 0.2) is 0 Å². The molecule has 3 N–H and O–H groups in total. The van der Waals surface area contributed by atoms with Crippen molar-refractivity contribution in [1.82, 2.24) is 5.32 Å². The molecule has 0 unspecified atom stereocenters. The van der Waals surface area contributed by atoms with Crippen LogP contribution in [0.4, 0.5) is 4.79 Å². The van der Waals surface area contributed by atoms with Crippen molar-refractivity contribution in [2.75, 3.05) is 19.7 Å². The predicted molar refractivity (Wildman–Crippen MR) is 88.9 cm³/mol. The first kappa shape index (κ1) is 19.7. The molecule has 1 rings (SSSR count). The highest BCUT2D eigenvalue weighted by Crippen LogP contribution is 2.31. The topological polar surface area (TPSA) is 90.6 Å². The Balaban J connectivity index is 2.17. The van der Waals surface area contributed by atoms with E-state index < -0.39 is 11.7 Å². The highest BCUT2D eigenvalue weighted by Gasteiger charge is 2.27. The molecule has 1 saturated carbocycles. The summed E-state index contributed by atoms with van der Waals surface area (Å²) in [6, 6.07) is 0. The summed E-state index contributed by atoms with van der Waals surface area (Å²) in [6.07, 6.45) is 5.15. The molecule has 1 fully saturated rings. The highest BCUT2D eigenvalue weighted by atomic mass is 16.6. The van der Waals surface area contributed by atoms with E-state index in [2.05, 4.69) is 5.32 Å². The fourth-order valence-corrected chi connectivity index (χ4v) is 2.71. The number of hydrogen-bond donors (Lipinski definition) is 2. The maximum Gasteiger partial charge on any atom is 0.407 e. The Labute approximate surface area is 139 Å². The molecule has 0 atom stereocenters. The Bertz CT molecular complexity index is 377. The van der Waals surface area contributed by atoms with Crippen molar-refractivity contribution in [2.24, 2.45) is 17.6 Å². The third-order valence-corrected chi connectivity index (χ3v) is 4.31. The number of nitrogens with one attached hydrogen (secondary N) is 1. The van der Waals surface area contributed by atoms with Crippen LogP contribution in [0.1, 0.15) is 59.3 Å². The van der Waals surface area contributed by atoms with E-state index in [1.54, 1.807) is 13.8 Å². The molecule has 0 aromatic heterocycles. The monoisotopic (exact) mass is 328 g/mol. The van der Waals surface area contributed by atoms with Crippen LogP contribution in [0.5, 0.6) is 0 Å². The average molecular weight is 328 g/mol. The van der Waals surface area contributed by atoms with Gasteiger partial charge in [-0.1, -0.05) is 6.92 Å². The highest BCUT2D eigenvalue weighted by molar-refractivity contribution is 5.72. The van der Waals surface area contributed by atoms with Crippen molar-refractivity contribution in [3.8, 4) is 0 Å². The molecule has 0 spiro atoms. The normalized spacial score (nSPS) is 21.6. The van der Waals surface area contributed by atoms with Gasteiger partial charge in [0.05, 0.1) is 12.5 Å². The van der Waals surface area contributed by atoms with Gasteiger partial charge < -0.3 is 20.5 Å². The Morgan fingerprint density at radius 1 is 1.22 bits per heavy atom. The van der Waals surface area contributed by atoms with Gasteiger partial charge in [0.2, 0.25) is 0 Å². The molecule has 0 aromatic carbocycles. The minimum absolute atomic E-state index is 0.0454. The van der Waals surface area contributed by atoms with Crippen LogP contribution in [0.15, 0.2) is 0 Å². The number of ether oxygens (including phenoxy) is 2. The first-order chi connectivity index (χ1) is 10.9. The van der Waals surface area contributed by atoms with E-state index in [1.165, 1.54) is 0 Å². The third kappa shape index (κ3) is 7.68. The van der Waals surface area contributed by atoms with E-state index in [9.17, 15) is 9.59 Å². The van der Waals surface area contributed by atoms with E-state index in [0.717, 1.165) is 38.5 Å². The summed E-state index contributed by atoms with van der Waals surface area (Å²) in [4.78, 5) is 23.5. The van der Waals surface area contributed by atoms with Gasteiger partial charge in [-0.05, 0) is 58.3 Å². The third-order valence-electron chi connectivity index (χ3n) is 4.31. The molecule has 0 saturated heterocycles. The number of carbonyl (C=O) groups is 2. The van der Waals surface area contributed by atoms with E-state index in [1.807, 2.05) is 6.92 Å². The number of alkyl carbamates (subject to hydrolysis) is 1. The molecule has 0 heterocycles. The Kier molecular flexibility index (Phi) is 8.37. The first-order valence-corrected chi connectivity index (χ1v) is 8.71. The van der Waals surface area contributed by atoms with Gasteiger partial charge in [-0.2, -0.15) is 0 Å². The van der Waals surface area contributed by atoms with Crippen LogP contribution in [0.25, 0.3) is 0 Å². The SMILES string of the molecule is CCCOC(=O)[C@H]1CC[C@H](CCNC(=O)OC(C)(C)CN)CC1. The summed E-state index contributed by atoms with van der Waals surface area (Å²) in [7, 11) is 0. The molecular weight excluding hydrogens is 296 g/mol. The summed E-state index contributed by atoms with van der Waals surface area (Å²) in [6.45, 7) is 6.96. The summed E-state index contributed by atoms with van der Waals surface area (Å²) >= 11 is 0. The quantitative estimate of drug-likeness (QED) is 0.668. The van der Waals surface area contributed by atoms with Gasteiger partial charge in [-0.15, -0.1) is 0 Å². The molecule has 134 valence electrons.